The third-order valence-corrected chi connectivity index (χ3v) is 5.05. The summed E-state index contributed by atoms with van der Waals surface area (Å²) >= 11 is 0. The van der Waals surface area contributed by atoms with Crippen molar-refractivity contribution in [1.82, 2.24) is 10.0 Å². The van der Waals surface area contributed by atoms with E-state index in [1.54, 1.807) is 0 Å². The van der Waals surface area contributed by atoms with Crippen molar-refractivity contribution in [2.45, 2.75) is 16.7 Å². The van der Waals surface area contributed by atoms with Gasteiger partial charge >= 0.3 is 0 Å². The molecule has 0 heterocycles. The molecule has 0 aliphatic heterocycles. The first kappa shape index (κ1) is 20.3. The zero-order valence-corrected chi connectivity index (χ0v) is 14.0. The fourth-order valence-electron chi connectivity index (χ4n) is 1.48. The van der Waals surface area contributed by atoms with Gasteiger partial charge in [0.25, 0.3) is 0 Å². The van der Waals surface area contributed by atoms with Crippen LogP contribution in [-0.4, -0.2) is 42.7 Å². The molecule has 0 aliphatic rings. The molecule has 1 aromatic rings. The normalized spacial score (nSPS) is 12.0. The van der Waals surface area contributed by atoms with Crippen molar-refractivity contribution in [1.29, 1.82) is 0 Å². The van der Waals surface area contributed by atoms with Crippen molar-refractivity contribution in [2.24, 2.45) is 0 Å². The summed E-state index contributed by atoms with van der Waals surface area (Å²) in [6.45, 7) is 3.19. The van der Waals surface area contributed by atoms with E-state index in [1.165, 1.54) is 0 Å². The molecule has 0 fully saturated rings. The van der Waals surface area contributed by atoms with Crippen molar-refractivity contribution >= 4 is 32.3 Å². The van der Waals surface area contributed by atoms with E-state index in [-0.39, 0.29) is 23.8 Å². The minimum Gasteiger partial charge on any atom is -0.316 e. The van der Waals surface area contributed by atoms with Crippen LogP contribution in [0.2, 0.25) is 0 Å². The van der Waals surface area contributed by atoms with E-state index >= 15 is 0 Å². The zero-order chi connectivity index (χ0) is 15.4. The minimum atomic E-state index is -3.85. The molecule has 0 spiro atoms. The quantitative estimate of drug-likeness (QED) is 0.692. The molecule has 122 valence electrons. The third kappa shape index (κ3) is 5.87. The van der Waals surface area contributed by atoms with Crippen LogP contribution in [0.4, 0.5) is 4.39 Å². The summed E-state index contributed by atoms with van der Waals surface area (Å²) in [6, 6.07) is 2.71. The minimum absolute atomic E-state index is 0. The summed E-state index contributed by atoms with van der Waals surface area (Å²) in [6.07, 6.45) is 0.855. The van der Waals surface area contributed by atoms with Crippen molar-refractivity contribution in [3.8, 4) is 0 Å². The molecule has 10 heteroatoms. The molecule has 0 aromatic heterocycles. The van der Waals surface area contributed by atoms with Crippen molar-refractivity contribution < 1.29 is 21.2 Å². The van der Waals surface area contributed by atoms with E-state index in [9.17, 15) is 21.2 Å². The van der Waals surface area contributed by atoms with Gasteiger partial charge in [0, 0.05) is 19.3 Å². The second kappa shape index (κ2) is 8.04. The van der Waals surface area contributed by atoms with Gasteiger partial charge in [0.15, 0.2) is 9.84 Å². The lowest BCUT2D eigenvalue weighted by Gasteiger charge is -2.08. The van der Waals surface area contributed by atoms with Gasteiger partial charge < -0.3 is 5.32 Å². The van der Waals surface area contributed by atoms with Crippen LogP contribution in [0.15, 0.2) is 28.0 Å². The summed E-state index contributed by atoms with van der Waals surface area (Å²) in [5.74, 6) is -1.08. The summed E-state index contributed by atoms with van der Waals surface area (Å²) < 4.78 is 62.1. The largest absolute Gasteiger partial charge is 0.316 e. The van der Waals surface area contributed by atoms with Gasteiger partial charge in [-0.25, -0.2) is 25.9 Å². The average molecular weight is 361 g/mol. The Morgan fingerprint density at radius 2 is 1.76 bits per heavy atom. The summed E-state index contributed by atoms with van der Waals surface area (Å²) in [5.41, 5.74) is 0. The number of hydrogen-bond acceptors (Lipinski definition) is 5. The topological polar surface area (TPSA) is 92.3 Å². The number of rotatable bonds is 7. The van der Waals surface area contributed by atoms with Gasteiger partial charge in [-0.05, 0) is 24.7 Å². The van der Waals surface area contributed by atoms with Crippen LogP contribution < -0.4 is 10.0 Å². The van der Waals surface area contributed by atoms with Crippen molar-refractivity contribution in [2.75, 3.05) is 25.9 Å². The molecule has 1 rings (SSSR count). The van der Waals surface area contributed by atoms with Crippen LogP contribution in [0.5, 0.6) is 0 Å². The maximum absolute atomic E-state index is 13.6. The van der Waals surface area contributed by atoms with Gasteiger partial charge in [-0.3, -0.25) is 0 Å². The number of nitrogens with one attached hydrogen (secondary N) is 2. The van der Waals surface area contributed by atoms with Gasteiger partial charge in [0.05, 0.1) is 4.90 Å². The predicted molar refractivity (Wildman–Crippen MR) is 80.5 cm³/mol. The molecule has 0 bridgehead atoms. The lowest BCUT2D eigenvalue weighted by Crippen LogP contribution is -2.31. The molecule has 0 atom stereocenters. The molecule has 2 N–H and O–H groups in total. The molecule has 21 heavy (non-hydrogen) atoms. The van der Waals surface area contributed by atoms with Crippen LogP contribution in [0.25, 0.3) is 0 Å². The number of halogens is 2. The molecule has 0 saturated carbocycles. The maximum atomic E-state index is 13.6. The highest BCUT2D eigenvalue weighted by atomic mass is 35.5. The van der Waals surface area contributed by atoms with E-state index in [0.29, 0.717) is 19.2 Å². The summed E-state index contributed by atoms with van der Waals surface area (Å²) in [5, 5.41) is 2.93. The van der Waals surface area contributed by atoms with Crippen LogP contribution in [-0.2, 0) is 19.9 Å². The summed E-state index contributed by atoms with van der Waals surface area (Å²) in [7, 11) is -7.57. The predicted octanol–water partition coefficient (Wildman–Crippen LogP) is 0.539. The highest BCUT2D eigenvalue weighted by Crippen LogP contribution is 2.18. The van der Waals surface area contributed by atoms with Crippen LogP contribution >= 0.6 is 12.4 Å². The average Bonchev–Trinajstić information content (AvgIpc) is 2.33. The second-order valence-electron chi connectivity index (χ2n) is 4.12. The van der Waals surface area contributed by atoms with E-state index in [4.69, 9.17) is 0 Å². The lowest BCUT2D eigenvalue weighted by atomic mass is 10.3. The Balaban J connectivity index is 0.00000400. The van der Waals surface area contributed by atoms with Crippen LogP contribution in [0, 0.1) is 5.82 Å². The van der Waals surface area contributed by atoms with E-state index in [0.717, 1.165) is 18.4 Å². The first-order chi connectivity index (χ1) is 9.18. The van der Waals surface area contributed by atoms with Crippen molar-refractivity contribution in [3.05, 3.63) is 24.0 Å². The molecule has 0 aliphatic carbocycles. The molecule has 0 unspecified atom stereocenters. The third-order valence-electron chi connectivity index (χ3n) is 2.46. The standard InChI is InChI=1S/C11H17FN2O4S2.ClH/c1-3-13-6-7-14-20(17,18)9-4-5-11(10(12)8-9)19(2,15)16;/h4-5,8,13-14H,3,6-7H2,1-2H3;1H. The Morgan fingerprint density at radius 1 is 1.14 bits per heavy atom. The monoisotopic (exact) mass is 360 g/mol. The first-order valence-electron chi connectivity index (χ1n) is 5.88. The first-order valence-corrected chi connectivity index (χ1v) is 9.26. The Kier molecular flexibility index (Phi) is 7.76. The van der Waals surface area contributed by atoms with E-state index in [2.05, 4.69) is 10.0 Å². The van der Waals surface area contributed by atoms with Gasteiger partial charge in [0.2, 0.25) is 10.0 Å². The van der Waals surface area contributed by atoms with Gasteiger partial charge in [-0.15, -0.1) is 12.4 Å². The van der Waals surface area contributed by atoms with Gasteiger partial charge in [-0.1, -0.05) is 6.92 Å². The fourth-order valence-corrected chi connectivity index (χ4v) is 3.25. The Hall–Kier alpha value is -0.740. The number of benzene rings is 1. The molecule has 0 saturated heterocycles. The molecular weight excluding hydrogens is 343 g/mol. The van der Waals surface area contributed by atoms with Gasteiger partial charge in [0.1, 0.15) is 10.7 Å². The molecule has 1 aromatic carbocycles. The number of sulfone groups is 1. The molecular formula is C11H18ClFN2O4S2. The van der Waals surface area contributed by atoms with E-state index in [1.807, 2.05) is 6.92 Å². The second-order valence-corrected chi connectivity index (χ2v) is 7.87. The summed E-state index contributed by atoms with van der Waals surface area (Å²) in [4.78, 5) is -0.831. The zero-order valence-electron chi connectivity index (χ0n) is 11.6. The molecule has 6 nitrogen and oxygen atoms in total. The lowest BCUT2D eigenvalue weighted by molar-refractivity contribution is 0.559. The van der Waals surface area contributed by atoms with Crippen LogP contribution in [0.3, 0.4) is 0 Å². The van der Waals surface area contributed by atoms with Gasteiger partial charge in [-0.2, -0.15) is 0 Å². The Morgan fingerprint density at radius 3 is 2.24 bits per heavy atom. The Bertz CT molecular complexity index is 677. The van der Waals surface area contributed by atoms with Crippen molar-refractivity contribution in [3.63, 3.8) is 0 Å². The Labute approximate surface area is 130 Å². The number of sulfonamides is 1. The van der Waals surface area contributed by atoms with Crippen LogP contribution in [0.1, 0.15) is 6.92 Å². The smallest absolute Gasteiger partial charge is 0.240 e. The maximum Gasteiger partial charge on any atom is 0.240 e. The highest BCUT2D eigenvalue weighted by molar-refractivity contribution is 7.90. The van der Waals surface area contributed by atoms with E-state index < -0.39 is 30.6 Å². The highest BCUT2D eigenvalue weighted by Gasteiger charge is 2.19. The molecule has 0 amide bonds. The number of hydrogen-bond donors (Lipinski definition) is 2. The fraction of sp³-hybridized carbons (Fsp3) is 0.455. The SMILES string of the molecule is CCNCCNS(=O)(=O)c1ccc(S(C)(=O)=O)c(F)c1.Cl. The number of likely N-dealkylation sites (N-methyl/N-ethyl adjacent to an activating group) is 1. The molecule has 0 radical (unpaired) electrons.